The molecular formula is C20H20N2O2. The van der Waals surface area contributed by atoms with E-state index < -0.39 is 0 Å². The minimum atomic E-state index is -0.317. The first-order valence-corrected chi connectivity index (χ1v) is 7.99. The van der Waals surface area contributed by atoms with Crippen molar-refractivity contribution in [1.29, 1.82) is 0 Å². The van der Waals surface area contributed by atoms with Crippen LogP contribution in [0.5, 0.6) is 0 Å². The van der Waals surface area contributed by atoms with Gasteiger partial charge in [0, 0.05) is 6.42 Å². The fourth-order valence-corrected chi connectivity index (χ4v) is 2.74. The highest BCUT2D eigenvalue weighted by atomic mass is 16.5. The van der Waals surface area contributed by atoms with Crippen molar-refractivity contribution in [2.45, 2.75) is 20.3 Å². The maximum absolute atomic E-state index is 12.4. The Morgan fingerprint density at radius 2 is 1.62 bits per heavy atom. The van der Waals surface area contributed by atoms with Crippen LogP contribution in [0.15, 0.2) is 60.7 Å². The number of aromatic nitrogens is 2. The molecule has 2 aromatic carbocycles. The Bertz CT molecular complexity index is 824. The minimum Gasteiger partial charge on any atom is -0.462 e. The van der Waals surface area contributed by atoms with Crippen molar-refractivity contribution < 1.29 is 9.53 Å². The standard InChI is InChI=1S/C20H20N2O2/c1-15-19(16(2)22(21-15)18-11-7-4-8-12-18)20(23)24-14-13-17-9-5-3-6-10-17/h3-12H,13-14H2,1-2H3. The zero-order chi connectivity index (χ0) is 16.9. The molecule has 0 saturated heterocycles. The lowest BCUT2D eigenvalue weighted by Crippen LogP contribution is -2.10. The number of para-hydroxylation sites is 1. The molecule has 0 atom stereocenters. The van der Waals surface area contributed by atoms with Crippen LogP contribution in [0.25, 0.3) is 5.69 Å². The number of nitrogens with zero attached hydrogens (tertiary/aromatic N) is 2. The number of benzene rings is 2. The highest BCUT2D eigenvalue weighted by molar-refractivity contribution is 5.92. The van der Waals surface area contributed by atoms with E-state index in [4.69, 9.17) is 4.74 Å². The molecule has 0 radical (unpaired) electrons. The Balaban J connectivity index is 1.72. The Kier molecular flexibility index (Phi) is 4.75. The van der Waals surface area contributed by atoms with Gasteiger partial charge in [-0.3, -0.25) is 0 Å². The maximum atomic E-state index is 12.4. The van der Waals surface area contributed by atoms with Crippen molar-refractivity contribution in [3.05, 3.63) is 83.2 Å². The highest BCUT2D eigenvalue weighted by Crippen LogP contribution is 2.18. The molecule has 3 aromatic rings. The SMILES string of the molecule is Cc1nn(-c2ccccc2)c(C)c1C(=O)OCCc1ccccc1. The molecule has 4 heteroatoms. The van der Waals surface area contributed by atoms with Gasteiger partial charge >= 0.3 is 5.97 Å². The van der Waals surface area contributed by atoms with Gasteiger partial charge in [0.2, 0.25) is 0 Å². The molecule has 0 bridgehead atoms. The van der Waals surface area contributed by atoms with Crippen LogP contribution in [0.1, 0.15) is 27.3 Å². The summed E-state index contributed by atoms with van der Waals surface area (Å²) in [5.74, 6) is -0.317. The average Bonchev–Trinajstić information content (AvgIpc) is 2.91. The van der Waals surface area contributed by atoms with E-state index in [2.05, 4.69) is 5.10 Å². The fourth-order valence-electron chi connectivity index (χ4n) is 2.74. The number of hydrogen-bond acceptors (Lipinski definition) is 3. The van der Waals surface area contributed by atoms with Gasteiger partial charge in [0.15, 0.2) is 0 Å². The Labute approximate surface area is 141 Å². The molecule has 0 amide bonds. The lowest BCUT2D eigenvalue weighted by atomic mass is 10.1. The van der Waals surface area contributed by atoms with Crippen molar-refractivity contribution in [2.75, 3.05) is 6.61 Å². The summed E-state index contributed by atoms with van der Waals surface area (Å²) in [6.45, 7) is 4.08. The van der Waals surface area contributed by atoms with Crippen LogP contribution in [-0.4, -0.2) is 22.4 Å². The van der Waals surface area contributed by atoms with Gasteiger partial charge in [-0.05, 0) is 31.5 Å². The van der Waals surface area contributed by atoms with E-state index in [-0.39, 0.29) is 5.97 Å². The molecule has 1 aromatic heterocycles. The van der Waals surface area contributed by atoms with Gasteiger partial charge in [0.25, 0.3) is 0 Å². The number of carbonyl (C=O) groups is 1. The molecule has 24 heavy (non-hydrogen) atoms. The highest BCUT2D eigenvalue weighted by Gasteiger charge is 2.20. The first kappa shape index (κ1) is 16.0. The van der Waals surface area contributed by atoms with E-state index in [0.717, 1.165) is 16.9 Å². The molecular weight excluding hydrogens is 300 g/mol. The van der Waals surface area contributed by atoms with E-state index in [1.54, 1.807) is 4.68 Å². The van der Waals surface area contributed by atoms with E-state index in [1.165, 1.54) is 0 Å². The van der Waals surface area contributed by atoms with Gasteiger partial charge < -0.3 is 4.74 Å². The molecule has 0 aliphatic carbocycles. The summed E-state index contributed by atoms with van der Waals surface area (Å²) in [6.07, 6.45) is 0.706. The van der Waals surface area contributed by atoms with E-state index in [9.17, 15) is 4.79 Å². The Morgan fingerprint density at radius 3 is 2.29 bits per heavy atom. The van der Waals surface area contributed by atoms with Crippen molar-refractivity contribution in [3.8, 4) is 5.69 Å². The van der Waals surface area contributed by atoms with Gasteiger partial charge in [0.05, 0.1) is 23.7 Å². The molecule has 3 rings (SSSR count). The van der Waals surface area contributed by atoms with Crippen molar-refractivity contribution in [2.24, 2.45) is 0 Å². The molecule has 4 nitrogen and oxygen atoms in total. The van der Waals surface area contributed by atoms with E-state index in [0.29, 0.717) is 24.3 Å². The second-order valence-electron chi connectivity index (χ2n) is 5.66. The van der Waals surface area contributed by atoms with Gasteiger partial charge in [-0.15, -0.1) is 0 Å². The summed E-state index contributed by atoms with van der Waals surface area (Å²) in [7, 11) is 0. The predicted octanol–water partition coefficient (Wildman–Crippen LogP) is 3.89. The lowest BCUT2D eigenvalue weighted by Gasteiger charge is -2.06. The van der Waals surface area contributed by atoms with Gasteiger partial charge in [-0.1, -0.05) is 48.5 Å². The molecule has 0 aliphatic heterocycles. The largest absolute Gasteiger partial charge is 0.462 e. The second kappa shape index (κ2) is 7.13. The molecule has 0 N–H and O–H groups in total. The fraction of sp³-hybridized carbons (Fsp3) is 0.200. The zero-order valence-electron chi connectivity index (χ0n) is 13.9. The number of ether oxygens (including phenoxy) is 1. The predicted molar refractivity (Wildman–Crippen MR) is 93.5 cm³/mol. The monoisotopic (exact) mass is 320 g/mol. The summed E-state index contributed by atoms with van der Waals surface area (Å²) < 4.78 is 7.23. The Morgan fingerprint density at radius 1 is 1.00 bits per heavy atom. The van der Waals surface area contributed by atoms with Crippen molar-refractivity contribution >= 4 is 5.97 Å². The molecule has 1 heterocycles. The molecule has 0 unspecified atom stereocenters. The van der Waals surface area contributed by atoms with Crippen molar-refractivity contribution in [1.82, 2.24) is 9.78 Å². The minimum absolute atomic E-state index is 0.317. The molecule has 0 aliphatic rings. The van der Waals surface area contributed by atoms with Gasteiger partial charge in [-0.25, -0.2) is 9.48 Å². The molecule has 0 spiro atoms. The number of carbonyl (C=O) groups excluding carboxylic acids is 1. The van der Waals surface area contributed by atoms with Crippen LogP contribution in [0, 0.1) is 13.8 Å². The number of aryl methyl sites for hydroxylation is 1. The lowest BCUT2D eigenvalue weighted by molar-refractivity contribution is 0.0507. The van der Waals surface area contributed by atoms with Crippen LogP contribution in [0.2, 0.25) is 0 Å². The van der Waals surface area contributed by atoms with E-state index in [1.807, 2.05) is 74.5 Å². The van der Waals surface area contributed by atoms with Crippen LogP contribution in [0.4, 0.5) is 0 Å². The average molecular weight is 320 g/mol. The molecule has 0 fully saturated rings. The first-order valence-electron chi connectivity index (χ1n) is 7.99. The molecule has 0 saturated carbocycles. The second-order valence-corrected chi connectivity index (χ2v) is 5.66. The third-order valence-corrected chi connectivity index (χ3v) is 3.96. The smallest absolute Gasteiger partial charge is 0.341 e. The van der Waals surface area contributed by atoms with Crippen molar-refractivity contribution in [3.63, 3.8) is 0 Å². The maximum Gasteiger partial charge on any atom is 0.341 e. The topological polar surface area (TPSA) is 44.1 Å². The van der Waals surface area contributed by atoms with Gasteiger partial charge in [0.1, 0.15) is 5.56 Å². The quantitative estimate of drug-likeness (QED) is 0.670. The first-order chi connectivity index (χ1) is 11.7. The Hall–Kier alpha value is -2.88. The van der Waals surface area contributed by atoms with Crippen LogP contribution in [-0.2, 0) is 11.2 Å². The number of esters is 1. The normalized spacial score (nSPS) is 10.6. The third kappa shape index (κ3) is 3.38. The number of hydrogen-bond donors (Lipinski definition) is 0. The summed E-state index contributed by atoms with van der Waals surface area (Å²) in [4.78, 5) is 12.4. The zero-order valence-corrected chi connectivity index (χ0v) is 13.9. The summed E-state index contributed by atoms with van der Waals surface area (Å²) >= 11 is 0. The molecule has 122 valence electrons. The van der Waals surface area contributed by atoms with E-state index >= 15 is 0 Å². The summed E-state index contributed by atoms with van der Waals surface area (Å²) in [6, 6.07) is 19.8. The number of rotatable bonds is 5. The summed E-state index contributed by atoms with van der Waals surface area (Å²) in [5.41, 5.74) is 4.11. The van der Waals surface area contributed by atoms with Crippen LogP contribution in [0.3, 0.4) is 0 Å². The van der Waals surface area contributed by atoms with Crippen LogP contribution < -0.4 is 0 Å². The van der Waals surface area contributed by atoms with Crippen LogP contribution >= 0.6 is 0 Å². The van der Waals surface area contributed by atoms with Gasteiger partial charge in [-0.2, -0.15) is 5.10 Å². The summed E-state index contributed by atoms with van der Waals surface area (Å²) in [5, 5.41) is 4.48. The third-order valence-electron chi connectivity index (χ3n) is 3.96.